The van der Waals surface area contributed by atoms with Crippen LogP contribution in [0.15, 0.2) is 109 Å². The van der Waals surface area contributed by atoms with Gasteiger partial charge < -0.3 is 34.6 Å². The average molecular weight is 662 g/mol. The molecule has 0 amide bonds. The number of rotatable bonds is 10. The van der Waals surface area contributed by atoms with Crippen molar-refractivity contribution in [2.45, 2.75) is 49.9 Å². The molecule has 46 heavy (non-hydrogen) atoms. The minimum atomic E-state index is 0. The highest BCUT2D eigenvalue weighted by molar-refractivity contribution is 5.48. The van der Waals surface area contributed by atoms with E-state index in [1.54, 1.807) is 0 Å². The van der Waals surface area contributed by atoms with E-state index >= 15 is 0 Å². The van der Waals surface area contributed by atoms with E-state index in [9.17, 15) is 0 Å². The van der Waals surface area contributed by atoms with Crippen LogP contribution >= 0.6 is 0 Å². The molecule has 0 saturated carbocycles. The monoisotopic (exact) mass is 660 g/mol. The molecular weight excluding hydrogens is 607 g/mol. The van der Waals surface area contributed by atoms with Gasteiger partial charge in [-0.1, -0.05) is 109 Å². The lowest BCUT2D eigenvalue weighted by atomic mass is 9.79. The fraction of sp³-hybridized carbons (Fsp3) is 0.400. The third-order valence-corrected chi connectivity index (χ3v) is 9.98. The van der Waals surface area contributed by atoms with Crippen molar-refractivity contribution in [3.63, 3.8) is 0 Å². The Labute approximate surface area is 291 Å². The molecule has 0 bridgehead atoms. The minimum Gasteiger partial charge on any atom is -1.00 e. The molecule has 6 rings (SSSR count). The van der Waals surface area contributed by atoms with Crippen molar-refractivity contribution in [3.05, 3.63) is 143 Å². The van der Waals surface area contributed by atoms with Gasteiger partial charge in [-0.15, -0.1) is 0 Å². The predicted octanol–water partition coefficient (Wildman–Crippen LogP) is -1.39. The summed E-state index contributed by atoms with van der Waals surface area (Å²) in [5.74, 6) is 0. The van der Waals surface area contributed by atoms with E-state index in [1.807, 2.05) is 0 Å². The first-order chi connectivity index (χ1) is 21.3. The number of quaternary nitrogens is 2. The van der Waals surface area contributed by atoms with Crippen LogP contribution in [0.1, 0.15) is 59.1 Å². The molecule has 2 N–H and O–H groups in total. The maximum Gasteiger partial charge on any atom is 0.0767 e. The van der Waals surface area contributed by atoms with Crippen molar-refractivity contribution in [2.75, 3.05) is 55.4 Å². The van der Waals surface area contributed by atoms with E-state index in [0.717, 1.165) is 13.1 Å². The quantitative estimate of drug-likeness (QED) is 0.218. The highest BCUT2D eigenvalue weighted by Crippen LogP contribution is 2.47. The highest BCUT2D eigenvalue weighted by atomic mass is 35.5. The van der Waals surface area contributed by atoms with E-state index in [1.165, 1.54) is 82.0 Å². The fourth-order valence-electron chi connectivity index (χ4n) is 7.83. The van der Waals surface area contributed by atoms with E-state index in [0.29, 0.717) is 0 Å². The first kappa shape index (κ1) is 37.8. The zero-order chi connectivity index (χ0) is 31.2. The van der Waals surface area contributed by atoms with Crippen LogP contribution in [0.4, 0.5) is 0 Å². The van der Waals surface area contributed by atoms with Crippen LogP contribution in [0.2, 0.25) is 0 Å². The van der Waals surface area contributed by atoms with Crippen LogP contribution < -0.4 is 34.6 Å². The number of nitrogens with zero attached hydrogens (tertiary/aromatic N) is 2. The summed E-state index contributed by atoms with van der Waals surface area (Å²) in [5, 5.41) is 0. The summed E-state index contributed by atoms with van der Waals surface area (Å²) in [6.45, 7) is 4.51. The van der Waals surface area contributed by atoms with Crippen LogP contribution in [0.3, 0.4) is 0 Å². The van der Waals surface area contributed by atoms with Crippen molar-refractivity contribution < 1.29 is 34.6 Å². The summed E-state index contributed by atoms with van der Waals surface area (Å²) in [7, 11) is 13.5. The average Bonchev–Trinajstić information content (AvgIpc) is 3.48. The second-order valence-electron chi connectivity index (χ2n) is 13.6. The molecule has 2 atom stereocenters. The Kier molecular flexibility index (Phi) is 13.9. The number of nitrogens with one attached hydrogen (secondary N) is 2. The number of halogens is 2. The van der Waals surface area contributed by atoms with Crippen molar-refractivity contribution in [1.29, 1.82) is 0 Å². The van der Waals surface area contributed by atoms with E-state index in [4.69, 9.17) is 0 Å². The Balaban J connectivity index is 0.000000240. The van der Waals surface area contributed by atoms with Crippen LogP contribution in [-0.4, -0.2) is 65.2 Å². The molecule has 6 heteroatoms. The molecule has 4 nitrogen and oxygen atoms in total. The standard InChI is InChI=1S/2C20H26N2.2ClH/c2*1-21(2)15-9-14-20(18-11-5-4-6-12-18)19-13-8-7-10-17(19)16-22(20)3;;/h2*4-8,10-13H,9,14-16H2,1-3H3;2*1H. The maximum absolute atomic E-state index is 2.54. The maximum atomic E-state index is 2.54. The van der Waals surface area contributed by atoms with Crippen molar-refractivity contribution >= 4 is 0 Å². The Hall–Kier alpha value is -2.70. The number of fused-ring (bicyclic) bond motifs is 2. The molecule has 2 aliphatic rings. The third-order valence-electron chi connectivity index (χ3n) is 9.98. The van der Waals surface area contributed by atoms with E-state index in [-0.39, 0.29) is 35.9 Å². The van der Waals surface area contributed by atoms with Crippen LogP contribution in [0.25, 0.3) is 0 Å². The van der Waals surface area contributed by atoms with Gasteiger partial charge in [0.25, 0.3) is 0 Å². The second-order valence-corrected chi connectivity index (χ2v) is 13.6. The van der Waals surface area contributed by atoms with Gasteiger partial charge in [0.15, 0.2) is 0 Å². The predicted molar refractivity (Wildman–Crippen MR) is 184 cm³/mol. The number of hydrogen-bond acceptors (Lipinski definition) is 2. The lowest BCUT2D eigenvalue weighted by Crippen LogP contribution is -3.05. The smallest absolute Gasteiger partial charge is 0.0767 e. The van der Waals surface area contributed by atoms with Gasteiger partial charge in [-0.05, 0) is 73.2 Å². The molecule has 4 aromatic rings. The molecule has 2 heterocycles. The van der Waals surface area contributed by atoms with Crippen molar-refractivity contribution in [3.8, 4) is 0 Å². The van der Waals surface area contributed by atoms with Gasteiger partial charge in [-0.2, -0.15) is 0 Å². The largest absolute Gasteiger partial charge is 1.00 e. The summed E-state index contributed by atoms with van der Waals surface area (Å²) in [6.07, 6.45) is 4.82. The molecule has 0 aromatic heterocycles. The molecule has 2 aliphatic heterocycles. The first-order valence-electron chi connectivity index (χ1n) is 16.6. The number of benzene rings is 4. The molecular formula is C40H54Cl2N4. The Morgan fingerprint density at radius 1 is 0.500 bits per heavy atom. The lowest BCUT2D eigenvalue weighted by Gasteiger charge is -2.38. The Bertz CT molecular complexity index is 1370. The topological polar surface area (TPSA) is 15.4 Å². The van der Waals surface area contributed by atoms with Crippen molar-refractivity contribution in [2.24, 2.45) is 0 Å². The van der Waals surface area contributed by atoms with Crippen molar-refractivity contribution in [1.82, 2.24) is 9.80 Å². The van der Waals surface area contributed by atoms with Gasteiger partial charge >= 0.3 is 0 Å². The molecule has 4 aromatic carbocycles. The Morgan fingerprint density at radius 2 is 0.826 bits per heavy atom. The summed E-state index contributed by atoms with van der Waals surface area (Å²) in [4.78, 5) is 8.13. The van der Waals surface area contributed by atoms with Gasteiger partial charge in [-0.3, -0.25) is 9.80 Å². The number of hydrogen-bond donors (Lipinski definition) is 2. The molecule has 248 valence electrons. The van der Waals surface area contributed by atoms with Gasteiger partial charge in [0.05, 0.1) is 52.4 Å². The lowest BCUT2D eigenvalue weighted by molar-refractivity contribution is -0.858. The summed E-state index contributed by atoms with van der Waals surface area (Å²) < 4.78 is 0. The fourth-order valence-corrected chi connectivity index (χ4v) is 7.83. The molecule has 0 fully saturated rings. The highest BCUT2D eigenvalue weighted by Gasteiger charge is 2.45. The molecule has 0 aliphatic carbocycles. The zero-order valence-electron chi connectivity index (χ0n) is 28.7. The summed E-state index contributed by atoms with van der Waals surface area (Å²) >= 11 is 0. The van der Waals surface area contributed by atoms with Crippen LogP contribution in [0, 0.1) is 0 Å². The molecule has 0 saturated heterocycles. The summed E-state index contributed by atoms with van der Waals surface area (Å²) in [6, 6.07) is 40.0. The van der Waals surface area contributed by atoms with Crippen LogP contribution in [0.5, 0.6) is 0 Å². The molecule has 0 radical (unpaired) electrons. The van der Waals surface area contributed by atoms with Gasteiger partial charge in [-0.25, -0.2) is 0 Å². The van der Waals surface area contributed by atoms with Crippen LogP contribution in [-0.2, 0) is 24.2 Å². The summed E-state index contributed by atoms with van der Waals surface area (Å²) in [5.41, 5.74) is 8.88. The zero-order valence-corrected chi connectivity index (χ0v) is 30.2. The van der Waals surface area contributed by atoms with Gasteiger partial charge in [0.2, 0.25) is 0 Å². The Morgan fingerprint density at radius 3 is 1.17 bits per heavy atom. The normalized spacial score (nSPS) is 20.3. The third kappa shape index (κ3) is 7.71. The van der Waals surface area contributed by atoms with E-state index in [2.05, 4.69) is 161 Å². The minimum absolute atomic E-state index is 0. The second kappa shape index (κ2) is 16.9. The molecule has 0 spiro atoms. The molecule has 2 unspecified atom stereocenters. The van der Waals surface area contributed by atoms with Gasteiger partial charge in [0.1, 0.15) is 0 Å². The SMILES string of the molecule is CN1Cc2ccccc2C1(CCC[NH+](C)C)c1ccccc1.CN1Cc2ccccc2C1(CCC[NH+](C)C)c1ccccc1.[Cl-].[Cl-]. The first-order valence-corrected chi connectivity index (χ1v) is 16.6. The van der Waals surface area contributed by atoms with Gasteiger partial charge in [0, 0.05) is 13.1 Å². The van der Waals surface area contributed by atoms with E-state index < -0.39 is 0 Å².